The zero-order valence-electron chi connectivity index (χ0n) is 16.4. The van der Waals surface area contributed by atoms with Gasteiger partial charge in [0.25, 0.3) is 0 Å². The first-order valence-electron chi connectivity index (χ1n) is 8.87. The summed E-state index contributed by atoms with van der Waals surface area (Å²) in [4.78, 5) is 23.9. The molecule has 150 valence electrons. The molecule has 6 nitrogen and oxygen atoms in total. The number of anilines is 1. The van der Waals surface area contributed by atoms with Crippen LogP contribution in [0.1, 0.15) is 42.6 Å². The van der Waals surface area contributed by atoms with E-state index in [1.54, 1.807) is 38.5 Å². The van der Waals surface area contributed by atoms with Crippen molar-refractivity contribution < 1.29 is 23.8 Å². The fourth-order valence-electron chi connectivity index (χ4n) is 2.65. The van der Waals surface area contributed by atoms with Gasteiger partial charge in [0.2, 0.25) is 5.91 Å². The van der Waals surface area contributed by atoms with Gasteiger partial charge in [-0.05, 0) is 59.6 Å². The first-order valence-corrected chi connectivity index (χ1v) is 9.66. The minimum atomic E-state index is -0.151. The van der Waals surface area contributed by atoms with Gasteiger partial charge in [0.15, 0.2) is 5.78 Å². The van der Waals surface area contributed by atoms with E-state index in [0.29, 0.717) is 34.9 Å². The molecular formula is C21H24BrNO5. The van der Waals surface area contributed by atoms with Crippen LogP contribution in [0.25, 0.3) is 0 Å². The van der Waals surface area contributed by atoms with Gasteiger partial charge in [-0.25, -0.2) is 0 Å². The minimum Gasteiger partial charge on any atom is -0.496 e. The Morgan fingerprint density at radius 2 is 1.75 bits per heavy atom. The van der Waals surface area contributed by atoms with Crippen molar-refractivity contribution in [3.8, 4) is 17.2 Å². The van der Waals surface area contributed by atoms with E-state index in [2.05, 4.69) is 21.2 Å². The number of hydrogen-bond acceptors (Lipinski definition) is 5. The summed E-state index contributed by atoms with van der Waals surface area (Å²) in [6.45, 7) is 3.58. The van der Waals surface area contributed by atoms with Crippen molar-refractivity contribution in [2.75, 3.05) is 19.5 Å². The molecule has 0 radical (unpaired) electrons. The molecule has 0 aliphatic rings. The normalized spacial score (nSPS) is 10.3. The van der Waals surface area contributed by atoms with Crippen molar-refractivity contribution in [3.63, 3.8) is 0 Å². The number of benzene rings is 2. The Kier molecular flexibility index (Phi) is 7.87. The summed E-state index contributed by atoms with van der Waals surface area (Å²) in [6.07, 6.45) is 1.18. The molecule has 0 fully saturated rings. The Balaban J connectivity index is 2.24. The third-order valence-electron chi connectivity index (χ3n) is 4.06. The standard InChI is InChI=1S/C21H24BrNO5/c1-5-6-21(25)23-15-7-8-18(16(10-15)13(2)24)28-12-14-9-20(27-4)17(22)11-19(14)26-3/h7-11H,5-6,12H2,1-4H3,(H,23,25). The summed E-state index contributed by atoms with van der Waals surface area (Å²) in [5, 5.41) is 2.79. The number of Topliss-reactive ketones (excluding diaryl/α,β-unsaturated/α-hetero) is 1. The Morgan fingerprint density at radius 3 is 2.36 bits per heavy atom. The smallest absolute Gasteiger partial charge is 0.224 e. The molecule has 0 spiro atoms. The molecular weight excluding hydrogens is 426 g/mol. The van der Waals surface area contributed by atoms with Crippen molar-refractivity contribution in [2.45, 2.75) is 33.3 Å². The highest BCUT2D eigenvalue weighted by Crippen LogP contribution is 2.34. The molecule has 0 heterocycles. The van der Waals surface area contributed by atoms with Crippen LogP contribution in [0.15, 0.2) is 34.8 Å². The van der Waals surface area contributed by atoms with Crippen molar-refractivity contribution >= 4 is 33.3 Å². The van der Waals surface area contributed by atoms with Gasteiger partial charge < -0.3 is 19.5 Å². The highest BCUT2D eigenvalue weighted by molar-refractivity contribution is 9.10. The molecule has 0 bridgehead atoms. The number of rotatable bonds is 9. The lowest BCUT2D eigenvalue weighted by Gasteiger charge is -2.15. The lowest BCUT2D eigenvalue weighted by molar-refractivity contribution is -0.116. The summed E-state index contributed by atoms with van der Waals surface area (Å²) >= 11 is 3.42. The molecule has 0 aromatic heterocycles. The zero-order valence-corrected chi connectivity index (χ0v) is 18.0. The fourth-order valence-corrected chi connectivity index (χ4v) is 3.14. The molecule has 0 unspecified atom stereocenters. The van der Waals surface area contributed by atoms with E-state index in [-0.39, 0.29) is 18.3 Å². The Bertz CT molecular complexity index is 866. The van der Waals surface area contributed by atoms with Crippen LogP contribution in [0.4, 0.5) is 5.69 Å². The summed E-state index contributed by atoms with van der Waals surface area (Å²) < 4.78 is 17.4. The molecule has 2 rings (SSSR count). The first kappa shape index (κ1) is 21.8. The predicted octanol–water partition coefficient (Wildman–Crippen LogP) is 4.99. The lowest BCUT2D eigenvalue weighted by Crippen LogP contribution is -2.11. The second-order valence-corrected chi connectivity index (χ2v) is 7.01. The lowest BCUT2D eigenvalue weighted by atomic mass is 10.1. The van der Waals surface area contributed by atoms with Crippen LogP contribution in [0.3, 0.4) is 0 Å². The molecule has 0 aliphatic heterocycles. The number of ether oxygens (including phenoxy) is 3. The van der Waals surface area contributed by atoms with E-state index in [9.17, 15) is 9.59 Å². The van der Waals surface area contributed by atoms with Crippen LogP contribution in [0, 0.1) is 0 Å². The molecule has 1 amide bonds. The summed E-state index contributed by atoms with van der Waals surface area (Å²) in [5.74, 6) is 1.49. The van der Waals surface area contributed by atoms with Gasteiger partial charge in [-0.15, -0.1) is 0 Å². The van der Waals surface area contributed by atoms with Crippen LogP contribution < -0.4 is 19.5 Å². The maximum absolute atomic E-state index is 12.1. The van der Waals surface area contributed by atoms with E-state index < -0.39 is 0 Å². The van der Waals surface area contributed by atoms with Gasteiger partial charge in [-0.3, -0.25) is 9.59 Å². The number of amides is 1. The maximum Gasteiger partial charge on any atom is 0.224 e. The quantitative estimate of drug-likeness (QED) is 0.545. The van der Waals surface area contributed by atoms with Gasteiger partial charge in [0.1, 0.15) is 23.9 Å². The van der Waals surface area contributed by atoms with Crippen molar-refractivity contribution in [2.24, 2.45) is 0 Å². The van der Waals surface area contributed by atoms with Crippen LogP contribution >= 0.6 is 15.9 Å². The zero-order chi connectivity index (χ0) is 20.7. The van der Waals surface area contributed by atoms with Gasteiger partial charge in [-0.2, -0.15) is 0 Å². The molecule has 2 aromatic carbocycles. The van der Waals surface area contributed by atoms with E-state index in [1.165, 1.54) is 6.92 Å². The average Bonchev–Trinajstić information content (AvgIpc) is 2.67. The predicted molar refractivity (Wildman–Crippen MR) is 112 cm³/mol. The number of methoxy groups -OCH3 is 2. The van der Waals surface area contributed by atoms with Crippen LogP contribution in [0.2, 0.25) is 0 Å². The van der Waals surface area contributed by atoms with Gasteiger partial charge in [-0.1, -0.05) is 6.92 Å². The van der Waals surface area contributed by atoms with Crippen molar-refractivity contribution in [1.82, 2.24) is 0 Å². The summed E-state index contributed by atoms with van der Waals surface area (Å²) in [7, 11) is 3.16. The topological polar surface area (TPSA) is 73.9 Å². The minimum absolute atomic E-state index is 0.0858. The van der Waals surface area contributed by atoms with E-state index in [4.69, 9.17) is 14.2 Å². The van der Waals surface area contributed by atoms with Crippen LogP contribution in [-0.2, 0) is 11.4 Å². The highest BCUT2D eigenvalue weighted by atomic mass is 79.9. The van der Waals surface area contributed by atoms with Crippen LogP contribution in [0.5, 0.6) is 17.2 Å². The Hall–Kier alpha value is -2.54. The molecule has 0 saturated heterocycles. The SMILES string of the molecule is CCCC(=O)Nc1ccc(OCc2cc(OC)c(Br)cc2OC)c(C(C)=O)c1. The molecule has 2 aromatic rings. The number of halogens is 1. The van der Waals surface area contributed by atoms with Crippen molar-refractivity contribution in [3.05, 3.63) is 45.9 Å². The number of carbonyl (C=O) groups is 2. The highest BCUT2D eigenvalue weighted by Gasteiger charge is 2.14. The molecule has 1 N–H and O–H groups in total. The van der Waals surface area contributed by atoms with Gasteiger partial charge in [0.05, 0.1) is 24.3 Å². The second-order valence-electron chi connectivity index (χ2n) is 6.15. The molecule has 28 heavy (non-hydrogen) atoms. The van der Waals surface area contributed by atoms with E-state index in [1.807, 2.05) is 13.0 Å². The summed E-state index contributed by atoms with van der Waals surface area (Å²) in [6, 6.07) is 8.64. The average molecular weight is 450 g/mol. The number of ketones is 1. The molecule has 7 heteroatoms. The third kappa shape index (κ3) is 5.48. The van der Waals surface area contributed by atoms with Gasteiger partial charge in [0, 0.05) is 17.7 Å². The van der Waals surface area contributed by atoms with Crippen LogP contribution in [-0.4, -0.2) is 25.9 Å². The maximum atomic E-state index is 12.1. The number of hydrogen-bond donors (Lipinski definition) is 1. The van der Waals surface area contributed by atoms with Gasteiger partial charge >= 0.3 is 0 Å². The molecule has 0 atom stereocenters. The molecule has 0 aliphatic carbocycles. The second kappa shape index (κ2) is 10.1. The van der Waals surface area contributed by atoms with Crippen molar-refractivity contribution in [1.29, 1.82) is 0 Å². The molecule has 0 saturated carbocycles. The number of nitrogens with one attached hydrogen (secondary N) is 1. The van der Waals surface area contributed by atoms with E-state index >= 15 is 0 Å². The monoisotopic (exact) mass is 449 g/mol. The fraction of sp³-hybridized carbons (Fsp3) is 0.333. The first-order chi connectivity index (χ1) is 13.4. The Labute approximate surface area is 173 Å². The Morgan fingerprint density at radius 1 is 1.04 bits per heavy atom. The van der Waals surface area contributed by atoms with E-state index in [0.717, 1.165) is 16.5 Å². The third-order valence-corrected chi connectivity index (χ3v) is 4.68. The summed E-state index contributed by atoms with van der Waals surface area (Å²) in [5.41, 5.74) is 1.74. The number of carbonyl (C=O) groups excluding carboxylic acids is 2. The largest absolute Gasteiger partial charge is 0.496 e.